The van der Waals surface area contributed by atoms with Gasteiger partial charge in [-0.25, -0.2) is 5.43 Å². The predicted octanol–water partition coefficient (Wildman–Crippen LogP) is 2.04. The normalized spacial score (nSPS) is 20.2. The molecule has 2 atom stereocenters. The Balaban J connectivity index is 1.54. The maximum absolute atomic E-state index is 12.2. The highest BCUT2D eigenvalue weighted by Crippen LogP contribution is 2.24. The van der Waals surface area contributed by atoms with Crippen molar-refractivity contribution in [2.75, 3.05) is 0 Å². The molecule has 0 bridgehead atoms. The molecule has 0 aliphatic carbocycles. The second-order valence-corrected chi connectivity index (χ2v) is 6.18. The standard InChI is InChI=1S/C16H20ClN5O2/c1-2-5-10-8-13(21-20-10)16(23)18-9-14-19-15(22-24-14)11-6-3-4-7-12(11)17/h3-4,6-7,10,13,20-21H,2,5,8-9H2,1H3,(H,18,23). The number of hydrogen-bond acceptors (Lipinski definition) is 6. The zero-order chi connectivity index (χ0) is 16.9. The van der Waals surface area contributed by atoms with Crippen LogP contribution in [-0.4, -0.2) is 28.1 Å². The SMILES string of the molecule is CCCC1CC(C(=O)NCc2nc(-c3ccccc3Cl)no2)NN1. The van der Waals surface area contributed by atoms with Gasteiger partial charge in [0.2, 0.25) is 17.6 Å². The van der Waals surface area contributed by atoms with Crippen molar-refractivity contribution in [3.63, 3.8) is 0 Å². The fourth-order valence-electron chi connectivity index (χ4n) is 2.70. The maximum Gasteiger partial charge on any atom is 0.246 e. The van der Waals surface area contributed by atoms with E-state index in [4.69, 9.17) is 16.1 Å². The Bertz CT molecular complexity index is 705. The molecule has 0 radical (unpaired) electrons. The van der Waals surface area contributed by atoms with Crippen molar-refractivity contribution in [3.05, 3.63) is 35.2 Å². The molecule has 2 aromatic rings. The van der Waals surface area contributed by atoms with Crippen LogP contribution in [0.5, 0.6) is 0 Å². The third kappa shape index (κ3) is 3.92. The van der Waals surface area contributed by atoms with E-state index >= 15 is 0 Å². The molecule has 7 nitrogen and oxygen atoms in total. The second-order valence-electron chi connectivity index (χ2n) is 5.77. The minimum Gasteiger partial charge on any atom is -0.346 e. The molecule has 3 rings (SSSR count). The molecule has 1 aromatic heterocycles. The van der Waals surface area contributed by atoms with Gasteiger partial charge in [-0.2, -0.15) is 4.98 Å². The van der Waals surface area contributed by atoms with Gasteiger partial charge >= 0.3 is 0 Å². The molecule has 2 unspecified atom stereocenters. The van der Waals surface area contributed by atoms with E-state index in [1.807, 2.05) is 18.2 Å². The molecular formula is C16H20ClN5O2. The van der Waals surface area contributed by atoms with Gasteiger partial charge in [-0.15, -0.1) is 0 Å². The lowest BCUT2D eigenvalue weighted by Crippen LogP contribution is -2.43. The van der Waals surface area contributed by atoms with E-state index in [2.05, 4.69) is 33.2 Å². The minimum absolute atomic E-state index is 0.0846. The first-order valence-electron chi connectivity index (χ1n) is 8.03. The van der Waals surface area contributed by atoms with Crippen molar-refractivity contribution in [2.45, 2.75) is 44.8 Å². The summed E-state index contributed by atoms with van der Waals surface area (Å²) in [5, 5.41) is 7.27. The van der Waals surface area contributed by atoms with Crippen molar-refractivity contribution in [1.29, 1.82) is 0 Å². The van der Waals surface area contributed by atoms with Crippen molar-refractivity contribution < 1.29 is 9.32 Å². The van der Waals surface area contributed by atoms with Crippen molar-refractivity contribution in [2.24, 2.45) is 0 Å². The van der Waals surface area contributed by atoms with E-state index in [9.17, 15) is 4.79 Å². The van der Waals surface area contributed by atoms with Crippen LogP contribution in [0.1, 0.15) is 32.1 Å². The summed E-state index contributed by atoms with van der Waals surface area (Å²) in [5.41, 5.74) is 6.86. The number of benzene rings is 1. The first-order chi connectivity index (χ1) is 11.7. The topological polar surface area (TPSA) is 92.1 Å². The summed E-state index contributed by atoms with van der Waals surface area (Å²) < 4.78 is 5.18. The van der Waals surface area contributed by atoms with E-state index in [1.54, 1.807) is 6.07 Å². The van der Waals surface area contributed by atoms with E-state index in [1.165, 1.54) is 0 Å². The molecule has 128 valence electrons. The van der Waals surface area contributed by atoms with Gasteiger partial charge in [-0.05, 0) is 25.0 Å². The molecule has 3 N–H and O–H groups in total. The van der Waals surface area contributed by atoms with Gasteiger partial charge in [-0.3, -0.25) is 10.2 Å². The number of nitrogens with zero attached hydrogens (tertiary/aromatic N) is 2. The second kappa shape index (κ2) is 7.74. The molecule has 24 heavy (non-hydrogen) atoms. The molecule has 1 aliphatic heterocycles. The monoisotopic (exact) mass is 349 g/mol. The van der Waals surface area contributed by atoms with Crippen LogP contribution in [0.2, 0.25) is 5.02 Å². The summed E-state index contributed by atoms with van der Waals surface area (Å²) in [6.45, 7) is 2.31. The average molecular weight is 350 g/mol. The Labute approximate surface area is 145 Å². The minimum atomic E-state index is -0.243. The molecule has 1 aliphatic rings. The number of carbonyl (C=O) groups is 1. The Morgan fingerprint density at radius 3 is 3.04 bits per heavy atom. The van der Waals surface area contributed by atoms with Gasteiger partial charge < -0.3 is 9.84 Å². The Morgan fingerprint density at radius 1 is 1.42 bits per heavy atom. The van der Waals surface area contributed by atoms with Crippen LogP contribution in [0, 0.1) is 0 Å². The van der Waals surface area contributed by atoms with Crippen LogP contribution >= 0.6 is 11.6 Å². The summed E-state index contributed by atoms with van der Waals surface area (Å²) in [6, 6.07) is 7.36. The number of hydrazine groups is 1. The van der Waals surface area contributed by atoms with Crippen LogP contribution in [0.15, 0.2) is 28.8 Å². The fourth-order valence-corrected chi connectivity index (χ4v) is 2.92. The molecule has 1 aromatic carbocycles. The lowest BCUT2D eigenvalue weighted by molar-refractivity contribution is -0.123. The van der Waals surface area contributed by atoms with Crippen molar-refractivity contribution in [3.8, 4) is 11.4 Å². The number of nitrogens with one attached hydrogen (secondary N) is 3. The largest absolute Gasteiger partial charge is 0.346 e. The van der Waals surface area contributed by atoms with E-state index in [0.29, 0.717) is 28.3 Å². The van der Waals surface area contributed by atoms with Gasteiger partial charge in [0.1, 0.15) is 6.04 Å². The smallest absolute Gasteiger partial charge is 0.246 e. The van der Waals surface area contributed by atoms with Crippen LogP contribution in [0.4, 0.5) is 0 Å². The number of carbonyl (C=O) groups excluding carboxylic acids is 1. The van der Waals surface area contributed by atoms with Gasteiger partial charge in [-0.1, -0.05) is 42.2 Å². The molecule has 1 saturated heterocycles. The highest BCUT2D eigenvalue weighted by atomic mass is 35.5. The third-order valence-electron chi connectivity index (χ3n) is 3.93. The van der Waals surface area contributed by atoms with Gasteiger partial charge in [0.05, 0.1) is 11.6 Å². The molecule has 0 saturated carbocycles. The maximum atomic E-state index is 12.2. The van der Waals surface area contributed by atoms with Crippen LogP contribution in [0.3, 0.4) is 0 Å². The van der Waals surface area contributed by atoms with Gasteiger partial charge in [0.25, 0.3) is 0 Å². The van der Waals surface area contributed by atoms with Crippen molar-refractivity contribution >= 4 is 17.5 Å². The summed E-state index contributed by atoms with van der Waals surface area (Å²) in [5.74, 6) is 0.668. The number of halogens is 1. The predicted molar refractivity (Wildman–Crippen MR) is 90.0 cm³/mol. The Morgan fingerprint density at radius 2 is 2.25 bits per heavy atom. The third-order valence-corrected chi connectivity index (χ3v) is 4.26. The highest BCUT2D eigenvalue weighted by molar-refractivity contribution is 6.33. The summed E-state index contributed by atoms with van der Waals surface area (Å²) in [6.07, 6.45) is 2.90. The average Bonchev–Trinajstić information content (AvgIpc) is 3.23. The zero-order valence-corrected chi connectivity index (χ0v) is 14.1. The Kier molecular flexibility index (Phi) is 5.44. The quantitative estimate of drug-likeness (QED) is 0.739. The summed E-state index contributed by atoms with van der Waals surface area (Å²) in [7, 11) is 0. The molecule has 1 amide bonds. The first kappa shape index (κ1) is 16.9. The zero-order valence-electron chi connectivity index (χ0n) is 13.4. The van der Waals surface area contributed by atoms with Crippen molar-refractivity contribution in [1.82, 2.24) is 26.3 Å². The van der Waals surface area contributed by atoms with Gasteiger partial charge in [0.15, 0.2) is 0 Å². The highest BCUT2D eigenvalue weighted by Gasteiger charge is 2.28. The van der Waals surface area contributed by atoms with Gasteiger partial charge in [0, 0.05) is 11.6 Å². The fraction of sp³-hybridized carbons (Fsp3) is 0.438. The number of amides is 1. The molecule has 8 heteroatoms. The molecular weight excluding hydrogens is 330 g/mol. The summed E-state index contributed by atoms with van der Waals surface area (Å²) >= 11 is 6.11. The van der Waals surface area contributed by atoms with E-state index in [-0.39, 0.29) is 18.5 Å². The number of hydrogen-bond donors (Lipinski definition) is 3. The first-order valence-corrected chi connectivity index (χ1v) is 8.41. The number of rotatable bonds is 6. The van der Waals surface area contributed by atoms with E-state index < -0.39 is 0 Å². The number of aromatic nitrogens is 2. The lowest BCUT2D eigenvalue weighted by atomic mass is 10.1. The molecule has 2 heterocycles. The van der Waals surface area contributed by atoms with Crippen LogP contribution < -0.4 is 16.2 Å². The van der Waals surface area contributed by atoms with Crippen LogP contribution in [0.25, 0.3) is 11.4 Å². The summed E-state index contributed by atoms with van der Waals surface area (Å²) in [4.78, 5) is 16.4. The Hall–Kier alpha value is -1.96. The lowest BCUT2D eigenvalue weighted by Gasteiger charge is -2.08. The van der Waals surface area contributed by atoms with E-state index in [0.717, 1.165) is 19.3 Å². The van der Waals surface area contributed by atoms with Crippen LogP contribution in [-0.2, 0) is 11.3 Å². The molecule has 0 spiro atoms. The molecule has 1 fully saturated rings.